The van der Waals surface area contributed by atoms with Gasteiger partial charge in [0.25, 0.3) is 0 Å². The molecule has 0 spiro atoms. The quantitative estimate of drug-likeness (QED) is 0.752. The summed E-state index contributed by atoms with van der Waals surface area (Å²) in [5.41, 5.74) is 6.38. The molecule has 1 amide bonds. The van der Waals surface area contributed by atoms with Crippen LogP contribution in [0.5, 0.6) is 0 Å². The first-order valence-corrected chi connectivity index (χ1v) is 4.57. The van der Waals surface area contributed by atoms with Gasteiger partial charge >= 0.3 is 0 Å². The van der Waals surface area contributed by atoms with Gasteiger partial charge < -0.3 is 10.6 Å². The number of amides is 1. The molecule has 0 bridgehead atoms. The van der Waals surface area contributed by atoms with Crippen LogP contribution < -0.4 is 5.73 Å². The van der Waals surface area contributed by atoms with Crippen LogP contribution in [-0.2, 0) is 11.3 Å². The van der Waals surface area contributed by atoms with E-state index in [0.717, 1.165) is 5.56 Å². The standard InChI is InChI=1S/C10H15N3O/c1-13(10(14)2-5-11)8-9-3-6-12-7-4-9/h3-4,6-7H,2,5,8,11H2,1H3. The van der Waals surface area contributed by atoms with Gasteiger partial charge in [-0.3, -0.25) is 9.78 Å². The molecule has 0 fully saturated rings. The Morgan fingerprint density at radius 3 is 2.71 bits per heavy atom. The zero-order valence-electron chi connectivity index (χ0n) is 8.31. The van der Waals surface area contributed by atoms with Crippen LogP contribution >= 0.6 is 0 Å². The van der Waals surface area contributed by atoms with Crippen molar-refractivity contribution < 1.29 is 4.79 Å². The maximum atomic E-state index is 11.4. The number of rotatable bonds is 4. The molecule has 4 heteroatoms. The number of hydrogen-bond acceptors (Lipinski definition) is 3. The van der Waals surface area contributed by atoms with Gasteiger partial charge in [-0.05, 0) is 17.7 Å². The molecular formula is C10H15N3O. The first kappa shape index (κ1) is 10.7. The lowest BCUT2D eigenvalue weighted by molar-refractivity contribution is -0.130. The highest BCUT2D eigenvalue weighted by molar-refractivity contribution is 5.76. The van der Waals surface area contributed by atoms with E-state index in [4.69, 9.17) is 5.73 Å². The first-order valence-electron chi connectivity index (χ1n) is 4.57. The third-order valence-corrected chi connectivity index (χ3v) is 1.95. The van der Waals surface area contributed by atoms with E-state index in [1.54, 1.807) is 24.3 Å². The molecule has 0 radical (unpaired) electrons. The molecule has 2 N–H and O–H groups in total. The van der Waals surface area contributed by atoms with Crippen molar-refractivity contribution in [1.82, 2.24) is 9.88 Å². The van der Waals surface area contributed by atoms with Gasteiger partial charge in [0.2, 0.25) is 5.91 Å². The summed E-state index contributed by atoms with van der Waals surface area (Å²) in [5, 5.41) is 0. The molecule has 0 aliphatic rings. The number of nitrogens with two attached hydrogens (primary N) is 1. The summed E-state index contributed by atoms with van der Waals surface area (Å²) in [5.74, 6) is 0.0734. The number of carbonyl (C=O) groups is 1. The van der Waals surface area contributed by atoms with E-state index >= 15 is 0 Å². The van der Waals surface area contributed by atoms with Crippen molar-refractivity contribution >= 4 is 5.91 Å². The Balaban J connectivity index is 2.49. The van der Waals surface area contributed by atoms with Crippen molar-refractivity contribution in [1.29, 1.82) is 0 Å². The third-order valence-electron chi connectivity index (χ3n) is 1.95. The lowest BCUT2D eigenvalue weighted by Gasteiger charge is -2.16. The number of nitrogens with zero attached hydrogens (tertiary/aromatic N) is 2. The van der Waals surface area contributed by atoms with E-state index in [1.807, 2.05) is 12.1 Å². The maximum absolute atomic E-state index is 11.4. The molecule has 0 aromatic carbocycles. The van der Waals surface area contributed by atoms with Gasteiger partial charge in [-0.1, -0.05) is 0 Å². The highest BCUT2D eigenvalue weighted by Crippen LogP contribution is 2.01. The van der Waals surface area contributed by atoms with E-state index in [1.165, 1.54) is 0 Å². The molecule has 1 aromatic heterocycles. The summed E-state index contributed by atoms with van der Waals surface area (Å²) < 4.78 is 0. The van der Waals surface area contributed by atoms with Crippen molar-refractivity contribution in [2.75, 3.05) is 13.6 Å². The minimum Gasteiger partial charge on any atom is -0.341 e. The van der Waals surface area contributed by atoms with Crippen molar-refractivity contribution in [2.45, 2.75) is 13.0 Å². The van der Waals surface area contributed by atoms with Crippen LogP contribution in [-0.4, -0.2) is 29.4 Å². The van der Waals surface area contributed by atoms with Crippen molar-refractivity contribution in [3.8, 4) is 0 Å². The Kier molecular flexibility index (Phi) is 4.07. The fourth-order valence-electron chi connectivity index (χ4n) is 1.16. The summed E-state index contributed by atoms with van der Waals surface area (Å²) >= 11 is 0. The van der Waals surface area contributed by atoms with Gasteiger partial charge in [0.05, 0.1) is 0 Å². The summed E-state index contributed by atoms with van der Waals surface area (Å²) in [6.45, 7) is 1.01. The topological polar surface area (TPSA) is 59.2 Å². The Morgan fingerprint density at radius 1 is 1.50 bits per heavy atom. The van der Waals surface area contributed by atoms with Crippen LogP contribution in [0.1, 0.15) is 12.0 Å². The van der Waals surface area contributed by atoms with Crippen molar-refractivity contribution in [3.63, 3.8) is 0 Å². The van der Waals surface area contributed by atoms with Crippen LogP contribution in [0.3, 0.4) is 0 Å². The van der Waals surface area contributed by atoms with Gasteiger partial charge in [0, 0.05) is 39.0 Å². The summed E-state index contributed by atoms with van der Waals surface area (Å²) in [6, 6.07) is 3.79. The molecular weight excluding hydrogens is 178 g/mol. The van der Waals surface area contributed by atoms with Crippen LogP contribution in [0.15, 0.2) is 24.5 Å². The van der Waals surface area contributed by atoms with Crippen LogP contribution in [0.25, 0.3) is 0 Å². The molecule has 0 aliphatic carbocycles. The predicted molar refractivity (Wildman–Crippen MR) is 54.4 cm³/mol. The van der Waals surface area contributed by atoms with Crippen LogP contribution in [0.2, 0.25) is 0 Å². The normalized spacial score (nSPS) is 9.86. The maximum Gasteiger partial charge on any atom is 0.223 e. The van der Waals surface area contributed by atoms with E-state index in [0.29, 0.717) is 19.5 Å². The number of carbonyl (C=O) groups excluding carboxylic acids is 1. The SMILES string of the molecule is CN(Cc1ccncc1)C(=O)CCN. The average Bonchev–Trinajstić information content (AvgIpc) is 2.19. The molecule has 1 heterocycles. The predicted octanol–water partition coefficient (Wildman–Crippen LogP) is 0.389. The van der Waals surface area contributed by atoms with Gasteiger partial charge in [-0.2, -0.15) is 0 Å². The van der Waals surface area contributed by atoms with Crippen molar-refractivity contribution in [3.05, 3.63) is 30.1 Å². The molecule has 0 saturated carbocycles. The molecule has 1 rings (SSSR count). The smallest absolute Gasteiger partial charge is 0.223 e. The molecule has 0 aliphatic heterocycles. The molecule has 0 saturated heterocycles. The van der Waals surface area contributed by atoms with Crippen LogP contribution in [0.4, 0.5) is 0 Å². The summed E-state index contributed by atoms with van der Waals surface area (Å²) in [7, 11) is 1.78. The minimum absolute atomic E-state index is 0.0734. The van der Waals surface area contributed by atoms with E-state index in [9.17, 15) is 4.79 Å². The number of pyridine rings is 1. The molecule has 1 aromatic rings. The first-order chi connectivity index (χ1) is 6.74. The fourth-order valence-corrected chi connectivity index (χ4v) is 1.16. The lowest BCUT2D eigenvalue weighted by atomic mass is 10.2. The second kappa shape index (κ2) is 5.34. The Hall–Kier alpha value is -1.42. The highest BCUT2D eigenvalue weighted by atomic mass is 16.2. The number of aromatic nitrogens is 1. The second-order valence-corrected chi connectivity index (χ2v) is 3.14. The summed E-state index contributed by atoms with van der Waals surface area (Å²) in [4.78, 5) is 17.0. The Morgan fingerprint density at radius 2 is 2.14 bits per heavy atom. The van der Waals surface area contributed by atoms with E-state index < -0.39 is 0 Å². The second-order valence-electron chi connectivity index (χ2n) is 3.14. The molecule has 0 atom stereocenters. The molecule has 76 valence electrons. The van der Waals surface area contributed by atoms with E-state index in [-0.39, 0.29) is 5.91 Å². The Bertz CT molecular complexity index is 287. The third kappa shape index (κ3) is 3.14. The zero-order valence-corrected chi connectivity index (χ0v) is 8.31. The largest absolute Gasteiger partial charge is 0.341 e. The molecule has 14 heavy (non-hydrogen) atoms. The highest BCUT2D eigenvalue weighted by Gasteiger charge is 2.07. The lowest BCUT2D eigenvalue weighted by Crippen LogP contribution is -2.27. The fraction of sp³-hybridized carbons (Fsp3) is 0.400. The molecule has 0 unspecified atom stereocenters. The molecule has 4 nitrogen and oxygen atoms in total. The van der Waals surface area contributed by atoms with Gasteiger partial charge in [0.15, 0.2) is 0 Å². The monoisotopic (exact) mass is 193 g/mol. The van der Waals surface area contributed by atoms with Gasteiger partial charge in [0.1, 0.15) is 0 Å². The number of hydrogen-bond donors (Lipinski definition) is 1. The van der Waals surface area contributed by atoms with Crippen LogP contribution in [0, 0.1) is 0 Å². The average molecular weight is 193 g/mol. The Labute approximate surface area is 83.7 Å². The summed E-state index contributed by atoms with van der Waals surface area (Å²) in [6.07, 6.45) is 3.84. The van der Waals surface area contributed by atoms with Crippen molar-refractivity contribution in [2.24, 2.45) is 5.73 Å². The minimum atomic E-state index is 0.0734. The van der Waals surface area contributed by atoms with Gasteiger partial charge in [-0.25, -0.2) is 0 Å². The zero-order chi connectivity index (χ0) is 10.4. The van der Waals surface area contributed by atoms with Gasteiger partial charge in [-0.15, -0.1) is 0 Å². The van der Waals surface area contributed by atoms with E-state index in [2.05, 4.69) is 4.98 Å².